The second-order valence-electron chi connectivity index (χ2n) is 8.60. The molecule has 0 saturated carbocycles. The van der Waals surface area contributed by atoms with E-state index in [2.05, 4.69) is 5.32 Å². The zero-order chi connectivity index (χ0) is 23.8. The smallest absolute Gasteiger partial charge is 0.408 e. The van der Waals surface area contributed by atoms with E-state index in [4.69, 9.17) is 4.74 Å². The maximum Gasteiger partial charge on any atom is 0.408 e. The first-order valence-electron chi connectivity index (χ1n) is 11.6. The molecule has 6 heteroatoms. The molecule has 1 atom stereocenters. The molecule has 34 heavy (non-hydrogen) atoms. The van der Waals surface area contributed by atoms with Crippen molar-refractivity contribution >= 4 is 12.0 Å². The summed E-state index contributed by atoms with van der Waals surface area (Å²) in [6, 6.07) is 24.9. The molecule has 1 saturated heterocycles. The third kappa shape index (κ3) is 6.44. The molecule has 0 spiro atoms. The molecule has 3 aromatic carbocycles. The number of hydrogen-bond acceptors (Lipinski definition) is 3. The highest BCUT2D eigenvalue weighted by Crippen LogP contribution is 2.28. The predicted molar refractivity (Wildman–Crippen MR) is 129 cm³/mol. The van der Waals surface area contributed by atoms with Gasteiger partial charge in [0.05, 0.1) is 0 Å². The molecule has 1 aliphatic heterocycles. The maximum atomic E-state index is 13.4. The van der Waals surface area contributed by atoms with Gasteiger partial charge in [-0.2, -0.15) is 0 Å². The number of amides is 2. The van der Waals surface area contributed by atoms with Crippen molar-refractivity contribution in [3.63, 3.8) is 0 Å². The van der Waals surface area contributed by atoms with Crippen LogP contribution in [0.2, 0.25) is 0 Å². The number of likely N-dealkylation sites (tertiary alicyclic amines) is 1. The summed E-state index contributed by atoms with van der Waals surface area (Å²) < 4.78 is 18.6. The SMILES string of the molecule is O=C(N[C@H](Cc1ccccc1)C(=O)N1CCC(c2ccc(F)cc2)CC1)OCc1ccccc1. The molecule has 4 rings (SSSR count). The van der Waals surface area contributed by atoms with Crippen molar-refractivity contribution < 1.29 is 18.7 Å². The number of hydrogen-bond donors (Lipinski definition) is 1. The highest BCUT2D eigenvalue weighted by molar-refractivity contribution is 5.86. The summed E-state index contributed by atoms with van der Waals surface area (Å²) in [6.45, 7) is 1.32. The van der Waals surface area contributed by atoms with Crippen LogP contribution in [0.25, 0.3) is 0 Å². The maximum absolute atomic E-state index is 13.4. The Labute approximate surface area is 199 Å². The third-order valence-corrected chi connectivity index (χ3v) is 6.23. The summed E-state index contributed by atoms with van der Waals surface area (Å²) in [5.41, 5.74) is 2.94. The lowest BCUT2D eigenvalue weighted by molar-refractivity contribution is -0.134. The topological polar surface area (TPSA) is 58.6 Å². The van der Waals surface area contributed by atoms with Gasteiger partial charge in [-0.1, -0.05) is 72.8 Å². The van der Waals surface area contributed by atoms with Gasteiger partial charge in [0.15, 0.2) is 0 Å². The van der Waals surface area contributed by atoms with Gasteiger partial charge in [0.1, 0.15) is 18.5 Å². The van der Waals surface area contributed by atoms with E-state index in [1.165, 1.54) is 12.1 Å². The zero-order valence-corrected chi connectivity index (χ0v) is 19.0. The Hall–Kier alpha value is -3.67. The third-order valence-electron chi connectivity index (χ3n) is 6.23. The molecule has 1 fully saturated rings. The van der Waals surface area contributed by atoms with Crippen LogP contribution in [0.15, 0.2) is 84.9 Å². The Morgan fingerprint density at radius 2 is 1.47 bits per heavy atom. The van der Waals surface area contributed by atoms with Crippen LogP contribution in [0.5, 0.6) is 0 Å². The van der Waals surface area contributed by atoms with Gasteiger partial charge in [-0.25, -0.2) is 9.18 Å². The van der Waals surface area contributed by atoms with Crippen molar-refractivity contribution in [2.45, 2.75) is 37.8 Å². The van der Waals surface area contributed by atoms with Gasteiger partial charge in [-0.3, -0.25) is 4.79 Å². The van der Waals surface area contributed by atoms with E-state index < -0.39 is 12.1 Å². The summed E-state index contributed by atoms with van der Waals surface area (Å²) in [6.07, 6.45) is 1.37. The van der Waals surface area contributed by atoms with Crippen LogP contribution in [-0.2, 0) is 22.6 Å². The minimum Gasteiger partial charge on any atom is -0.445 e. The van der Waals surface area contributed by atoms with Crippen molar-refractivity contribution in [1.82, 2.24) is 10.2 Å². The van der Waals surface area contributed by atoms with Crippen molar-refractivity contribution in [3.05, 3.63) is 107 Å². The number of nitrogens with one attached hydrogen (secondary N) is 1. The molecule has 5 nitrogen and oxygen atoms in total. The van der Waals surface area contributed by atoms with Crippen molar-refractivity contribution in [1.29, 1.82) is 0 Å². The Bertz CT molecular complexity index is 1070. The average molecular weight is 461 g/mol. The van der Waals surface area contributed by atoms with Crippen LogP contribution in [0, 0.1) is 5.82 Å². The molecule has 0 aromatic heterocycles. The van der Waals surface area contributed by atoms with Crippen LogP contribution >= 0.6 is 0 Å². The van der Waals surface area contributed by atoms with E-state index in [-0.39, 0.29) is 18.3 Å². The normalized spacial score (nSPS) is 14.9. The lowest BCUT2D eigenvalue weighted by Crippen LogP contribution is -2.51. The second-order valence-corrected chi connectivity index (χ2v) is 8.60. The standard InChI is InChI=1S/C28H29FN2O3/c29-25-13-11-23(12-14-25)24-15-17-31(18-16-24)27(32)26(19-21-7-3-1-4-8-21)30-28(33)34-20-22-9-5-2-6-10-22/h1-14,24,26H,15-20H2,(H,30,33)/t26-/m1/s1. The number of carbonyl (C=O) groups is 2. The average Bonchev–Trinajstić information content (AvgIpc) is 2.88. The van der Waals surface area contributed by atoms with Gasteiger partial charge < -0.3 is 15.0 Å². The Kier molecular flexibility index (Phi) is 7.91. The molecular formula is C28H29FN2O3. The Morgan fingerprint density at radius 3 is 2.09 bits per heavy atom. The number of carbonyl (C=O) groups excluding carboxylic acids is 2. The van der Waals surface area contributed by atoms with Gasteiger partial charge in [0, 0.05) is 19.5 Å². The first-order chi connectivity index (χ1) is 16.6. The van der Waals surface area contributed by atoms with E-state index in [1.807, 2.05) is 77.7 Å². The first-order valence-corrected chi connectivity index (χ1v) is 11.6. The van der Waals surface area contributed by atoms with Crippen LogP contribution < -0.4 is 5.32 Å². The molecule has 1 aliphatic rings. The largest absolute Gasteiger partial charge is 0.445 e. The van der Waals surface area contributed by atoms with Crippen molar-refractivity contribution in [3.8, 4) is 0 Å². The van der Waals surface area contributed by atoms with Crippen LogP contribution in [-0.4, -0.2) is 36.0 Å². The molecule has 0 radical (unpaired) electrons. The summed E-state index contributed by atoms with van der Waals surface area (Å²) >= 11 is 0. The fourth-order valence-corrected chi connectivity index (χ4v) is 4.35. The molecular weight excluding hydrogens is 431 g/mol. The lowest BCUT2D eigenvalue weighted by atomic mass is 9.89. The van der Waals surface area contributed by atoms with E-state index in [9.17, 15) is 14.0 Å². The van der Waals surface area contributed by atoms with Crippen LogP contribution in [0.1, 0.15) is 35.4 Å². The summed E-state index contributed by atoms with van der Waals surface area (Å²) in [7, 11) is 0. The number of piperidine rings is 1. The number of alkyl carbamates (subject to hydrolysis) is 1. The van der Waals surface area contributed by atoms with Gasteiger partial charge >= 0.3 is 6.09 Å². The highest BCUT2D eigenvalue weighted by atomic mass is 19.1. The van der Waals surface area contributed by atoms with Crippen molar-refractivity contribution in [2.24, 2.45) is 0 Å². The number of nitrogens with zero attached hydrogens (tertiary/aromatic N) is 1. The highest BCUT2D eigenvalue weighted by Gasteiger charge is 2.30. The number of benzene rings is 3. The molecule has 0 aliphatic carbocycles. The molecule has 1 heterocycles. The number of rotatable bonds is 7. The molecule has 0 unspecified atom stereocenters. The van der Waals surface area contributed by atoms with Crippen molar-refractivity contribution in [2.75, 3.05) is 13.1 Å². The van der Waals surface area contributed by atoms with E-state index in [1.54, 1.807) is 0 Å². The monoisotopic (exact) mass is 460 g/mol. The number of halogens is 1. The Morgan fingerprint density at radius 1 is 0.882 bits per heavy atom. The molecule has 0 bridgehead atoms. The Balaban J connectivity index is 1.38. The minimum atomic E-state index is -0.715. The van der Waals surface area contributed by atoms with Gasteiger partial charge in [0.25, 0.3) is 0 Å². The first kappa shape index (κ1) is 23.5. The fourth-order valence-electron chi connectivity index (χ4n) is 4.35. The van der Waals surface area contributed by atoms with Gasteiger partial charge in [-0.05, 0) is 47.6 Å². The number of ether oxygens (including phenoxy) is 1. The minimum absolute atomic E-state index is 0.113. The van der Waals surface area contributed by atoms with Gasteiger partial charge in [-0.15, -0.1) is 0 Å². The van der Waals surface area contributed by atoms with Gasteiger partial charge in [0.2, 0.25) is 5.91 Å². The van der Waals surface area contributed by atoms with E-state index >= 15 is 0 Å². The van der Waals surface area contributed by atoms with E-state index in [0.717, 1.165) is 29.5 Å². The van der Waals surface area contributed by atoms with E-state index in [0.29, 0.717) is 25.4 Å². The molecule has 3 aromatic rings. The predicted octanol–water partition coefficient (Wildman–Crippen LogP) is 5.07. The lowest BCUT2D eigenvalue weighted by Gasteiger charge is -2.34. The van der Waals surface area contributed by atoms with Crippen LogP contribution in [0.3, 0.4) is 0 Å². The summed E-state index contributed by atoms with van der Waals surface area (Å²) in [4.78, 5) is 27.8. The fraction of sp³-hybridized carbons (Fsp3) is 0.286. The molecule has 2 amide bonds. The zero-order valence-electron chi connectivity index (χ0n) is 19.0. The summed E-state index contributed by atoms with van der Waals surface area (Å²) in [5, 5.41) is 2.79. The molecule has 1 N–H and O–H groups in total. The second kappa shape index (κ2) is 11.5. The molecule has 176 valence electrons. The summed E-state index contributed by atoms with van der Waals surface area (Å²) in [5.74, 6) is -0.0653. The quantitative estimate of drug-likeness (QED) is 0.536. The van der Waals surface area contributed by atoms with Crippen LogP contribution in [0.4, 0.5) is 9.18 Å².